The van der Waals surface area contributed by atoms with E-state index in [0.29, 0.717) is 24.3 Å². The van der Waals surface area contributed by atoms with Gasteiger partial charge in [0.2, 0.25) is 0 Å². The smallest absolute Gasteiger partial charge is 0.161 e. The van der Waals surface area contributed by atoms with Gasteiger partial charge in [0.1, 0.15) is 17.2 Å². The molecule has 2 N–H and O–H groups in total. The first-order valence-corrected chi connectivity index (χ1v) is 7.28. The number of ether oxygens (including phenoxy) is 2. The molecule has 0 bridgehead atoms. The summed E-state index contributed by atoms with van der Waals surface area (Å²) in [5, 5.41) is 0. The van der Waals surface area contributed by atoms with Gasteiger partial charge in [-0.15, -0.1) is 0 Å². The SMILES string of the molecule is COC1CN(c2ccc(C(N)=S)c(Br)c2F)CC1OC. The Morgan fingerprint density at radius 1 is 1.35 bits per heavy atom. The van der Waals surface area contributed by atoms with Crippen molar-refractivity contribution in [3.8, 4) is 0 Å². The Kier molecular flexibility index (Phi) is 4.95. The topological polar surface area (TPSA) is 47.7 Å². The van der Waals surface area contributed by atoms with Crippen LogP contribution in [0.2, 0.25) is 0 Å². The van der Waals surface area contributed by atoms with Crippen LogP contribution in [0.3, 0.4) is 0 Å². The lowest BCUT2D eigenvalue weighted by molar-refractivity contribution is -0.00461. The van der Waals surface area contributed by atoms with E-state index in [9.17, 15) is 4.39 Å². The highest BCUT2D eigenvalue weighted by Crippen LogP contribution is 2.32. The molecule has 0 saturated carbocycles. The van der Waals surface area contributed by atoms with Crippen LogP contribution in [-0.2, 0) is 9.47 Å². The largest absolute Gasteiger partial charge is 0.389 e. The molecule has 2 unspecified atom stereocenters. The van der Waals surface area contributed by atoms with Gasteiger partial charge in [-0.05, 0) is 28.1 Å². The average Bonchev–Trinajstić information content (AvgIpc) is 2.84. The highest BCUT2D eigenvalue weighted by molar-refractivity contribution is 9.10. The first-order valence-electron chi connectivity index (χ1n) is 6.08. The molecule has 20 heavy (non-hydrogen) atoms. The van der Waals surface area contributed by atoms with Crippen molar-refractivity contribution in [2.45, 2.75) is 12.2 Å². The summed E-state index contributed by atoms with van der Waals surface area (Å²) in [5.74, 6) is -0.373. The summed E-state index contributed by atoms with van der Waals surface area (Å²) in [5.41, 5.74) is 6.53. The number of hydrogen-bond donors (Lipinski definition) is 1. The number of thiocarbonyl (C=S) groups is 1. The van der Waals surface area contributed by atoms with Crippen LogP contribution in [0.4, 0.5) is 10.1 Å². The zero-order valence-corrected chi connectivity index (χ0v) is 13.6. The first kappa shape index (κ1) is 15.6. The molecule has 1 aromatic rings. The predicted molar refractivity (Wildman–Crippen MR) is 83.8 cm³/mol. The van der Waals surface area contributed by atoms with Gasteiger partial charge in [-0.1, -0.05) is 12.2 Å². The average molecular weight is 363 g/mol. The van der Waals surface area contributed by atoms with Gasteiger partial charge in [-0.3, -0.25) is 0 Å². The molecule has 1 aliphatic rings. The van der Waals surface area contributed by atoms with Gasteiger partial charge < -0.3 is 20.1 Å². The lowest BCUT2D eigenvalue weighted by Crippen LogP contribution is -2.27. The fourth-order valence-electron chi connectivity index (χ4n) is 2.37. The van der Waals surface area contributed by atoms with E-state index in [4.69, 9.17) is 27.4 Å². The van der Waals surface area contributed by atoms with Gasteiger partial charge in [-0.25, -0.2) is 4.39 Å². The molecule has 0 aromatic heterocycles. The Morgan fingerprint density at radius 3 is 2.35 bits per heavy atom. The van der Waals surface area contributed by atoms with Gasteiger partial charge in [-0.2, -0.15) is 0 Å². The molecule has 7 heteroatoms. The molecule has 4 nitrogen and oxygen atoms in total. The highest BCUT2D eigenvalue weighted by Gasteiger charge is 2.34. The fourth-order valence-corrected chi connectivity index (χ4v) is 3.22. The van der Waals surface area contributed by atoms with Crippen molar-refractivity contribution in [3.05, 3.63) is 28.0 Å². The second-order valence-corrected chi connectivity index (χ2v) is 5.81. The van der Waals surface area contributed by atoms with Crippen LogP contribution < -0.4 is 10.6 Å². The van der Waals surface area contributed by atoms with Crippen LogP contribution in [0.1, 0.15) is 5.56 Å². The van der Waals surface area contributed by atoms with Crippen molar-refractivity contribution >= 4 is 38.8 Å². The van der Waals surface area contributed by atoms with Crippen LogP contribution in [0.5, 0.6) is 0 Å². The minimum atomic E-state index is -0.373. The predicted octanol–water partition coefficient (Wildman–Crippen LogP) is 2.07. The number of halogens is 2. The molecular formula is C13H16BrFN2O2S. The number of nitrogens with zero attached hydrogens (tertiary/aromatic N) is 1. The van der Waals surface area contributed by atoms with Gasteiger partial charge >= 0.3 is 0 Å². The molecule has 1 heterocycles. The number of rotatable bonds is 4. The standard InChI is InChI=1S/C13H16BrFN2O2S/c1-18-9-5-17(6-10(9)19-2)8-4-3-7(13(16)20)11(14)12(8)15/h3-4,9-10H,5-6H2,1-2H3,(H2,16,20). The minimum Gasteiger partial charge on any atom is -0.389 e. The Labute approximate surface area is 131 Å². The van der Waals surface area contributed by atoms with Gasteiger partial charge in [0.25, 0.3) is 0 Å². The van der Waals surface area contributed by atoms with E-state index in [1.807, 2.05) is 4.90 Å². The normalized spacial score (nSPS) is 22.3. The number of nitrogens with two attached hydrogens (primary N) is 1. The molecule has 0 aliphatic carbocycles. The third-order valence-corrected chi connectivity index (χ3v) is 4.48. The number of methoxy groups -OCH3 is 2. The van der Waals surface area contributed by atoms with Crippen molar-refractivity contribution in [2.75, 3.05) is 32.2 Å². The molecule has 2 rings (SSSR count). The summed E-state index contributed by atoms with van der Waals surface area (Å²) in [7, 11) is 3.25. The minimum absolute atomic E-state index is 0.0755. The summed E-state index contributed by atoms with van der Waals surface area (Å²) in [6, 6.07) is 3.39. The zero-order chi connectivity index (χ0) is 14.9. The van der Waals surface area contributed by atoms with Gasteiger partial charge in [0.15, 0.2) is 5.82 Å². The van der Waals surface area contributed by atoms with E-state index in [-0.39, 0.29) is 27.5 Å². The van der Waals surface area contributed by atoms with Crippen molar-refractivity contribution in [2.24, 2.45) is 5.73 Å². The molecule has 0 radical (unpaired) electrons. The third-order valence-electron chi connectivity index (χ3n) is 3.49. The summed E-state index contributed by atoms with van der Waals surface area (Å²) in [6.45, 7) is 1.15. The first-order chi connectivity index (χ1) is 9.49. The summed E-state index contributed by atoms with van der Waals surface area (Å²) in [4.78, 5) is 2.06. The van der Waals surface area contributed by atoms with Gasteiger partial charge in [0, 0.05) is 32.9 Å². The highest BCUT2D eigenvalue weighted by atomic mass is 79.9. The van der Waals surface area contributed by atoms with Crippen LogP contribution in [0, 0.1) is 5.82 Å². The molecule has 2 atom stereocenters. The van der Waals surface area contributed by atoms with E-state index in [1.54, 1.807) is 26.4 Å². The molecule has 110 valence electrons. The Hall–Kier alpha value is -0.760. The maximum Gasteiger partial charge on any atom is 0.161 e. The Bertz CT molecular complexity index is 517. The molecule has 0 amide bonds. The molecule has 1 saturated heterocycles. The maximum absolute atomic E-state index is 14.5. The number of anilines is 1. The van der Waals surface area contributed by atoms with Crippen molar-refractivity contribution in [3.63, 3.8) is 0 Å². The van der Waals surface area contributed by atoms with E-state index in [2.05, 4.69) is 15.9 Å². The Morgan fingerprint density at radius 2 is 1.90 bits per heavy atom. The van der Waals surface area contributed by atoms with Crippen molar-refractivity contribution in [1.82, 2.24) is 0 Å². The fraction of sp³-hybridized carbons (Fsp3) is 0.462. The summed E-state index contributed by atoms with van der Waals surface area (Å²) < 4.78 is 25.5. The monoisotopic (exact) mass is 362 g/mol. The summed E-state index contributed by atoms with van der Waals surface area (Å²) >= 11 is 8.10. The molecular weight excluding hydrogens is 347 g/mol. The molecule has 1 fully saturated rings. The van der Waals surface area contributed by atoms with Crippen LogP contribution in [-0.4, -0.2) is 44.5 Å². The lowest BCUT2D eigenvalue weighted by Gasteiger charge is -2.20. The van der Waals surface area contributed by atoms with Crippen molar-refractivity contribution in [1.29, 1.82) is 0 Å². The second kappa shape index (κ2) is 6.34. The van der Waals surface area contributed by atoms with E-state index >= 15 is 0 Å². The molecule has 0 spiro atoms. The lowest BCUT2D eigenvalue weighted by atomic mass is 10.2. The van der Waals surface area contributed by atoms with E-state index in [1.165, 1.54) is 0 Å². The Balaban J connectivity index is 2.31. The van der Waals surface area contributed by atoms with Crippen LogP contribution in [0.25, 0.3) is 0 Å². The second-order valence-electron chi connectivity index (χ2n) is 4.58. The van der Waals surface area contributed by atoms with E-state index in [0.717, 1.165) is 0 Å². The molecule has 1 aliphatic heterocycles. The zero-order valence-electron chi connectivity index (χ0n) is 11.2. The molecule has 1 aromatic carbocycles. The maximum atomic E-state index is 14.5. The van der Waals surface area contributed by atoms with Crippen LogP contribution >= 0.6 is 28.1 Å². The van der Waals surface area contributed by atoms with Gasteiger partial charge in [0.05, 0.1) is 10.2 Å². The van der Waals surface area contributed by atoms with Crippen molar-refractivity contribution < 1.29 is 13.9 Å². The van der Waals surface area contributed by atoms with Crippen LogP contribution in [0.15, 0.2) is 16.6 Å². The number of hydrogen-bond acceptors (Lipinski definition) is 4. The summed E-state index contributed by atoms with van der Waals surface area (Å²) in [6.07, 6.45) is -0.151. The third kappa shape index (κ3) is 2.81. The number of benzene rings is 1. The van der Waals surface area contributed by atoms with E-state index < -0.39 is 0 Å². The quantitative estimate of drug-likeness (QED) is 0.830.